The van der Waals surface area contributed by atoms with E-state index in [1.807, 2.05) is 0 Å². The Balaban J connectivity index is 3.25. The number of aromatic nitrogens is 1. The van der Waals surface area contributed by atoms with Crippen LogP contribution in [0.1, 0.15) is 11.7 Å². The second-order valence-corrected chi connectivity index (χ2v) is 4.67. The summed E-state index contributed by atoms with van der Waals surface area (Å²) in [5, 5.41) is 8.61. The number of carboxylic acids is 1. The third kappa shape index (κ3) is 1.94. The van der Waals surface area contributed by atoms with Gasteiger partial charge in [0.25, 0.3) is 0 Å². The topological polar surface area (TPSA) is 102 Å². The van der Waals surface area contributed by atoms with Crippen LogP contribution >= 0.6 is 0 Å². The molecule has 1 rings (SSSR count). The van der Waals surface area contributed by atoms with Crippen molar-refractivity contribution in [1.29, 1.82) is 0 Å². The molecule has 0 saturated heterocycles. The fourth-order valence-electron chi connectivity index (χ4n) is 1.05. The Bertz CT molecular complexity index is 448. The highest BCUT2D eigenvalue weighted by Gasteiger charge is 2.21. The van der Waals surface area contributed by atoms with E-state index >= 15 is 0 Å². The van der Waals surface area contributed by atoms with Crippen molar-refractivity contribution in [1.82, 2.24) is 3.97 Å². The molecular weight excluding hydrogens is 208 g/mol. The molecule has 1 heterocycles. The van der Waals surface area contributed by atoms with Crippen LogP contribution < -0.4 is 5.73 Å². The number of hydrogen-bond acceptors (Lipinski definition) is 4. The summed E-state index contributed by atoms with van der Waals surface area (Å²) < 4.78 is 23.2. The van der Waals surface area contributed by atoms with Gasteiger partial charge in [-0.05, 0) is 12.1 Å². The zero-order valence-electron chi connectivity index (χ0n) is 7.41. The molecule has 6 nitrogen and oxygen atoms in total. The Hall–Kier alpha value is -1.34. The molecule has 0 spiro atoms. The molecule has 1 aromatic rings. The molecule has 14 heavy (non-hydrogen) atoms. The van der Waals surface area contributed by atoms with Crippen LogP contribution in [0.25, 0.3) is 0 Å². The van der Waals surface area contributed by atoms with E-state index in [9.17, 15) is 13.2 Å². The summed E-state index contributed by atoms with van der Waals surface area (Å²) in [5.41, 5.74) is 5.34. The maximum Gasteiger partial charge on any atom is 0.326 e. The number of hydrogen-bond donors (Lipinski definition) is 2. The van der Waals surface area contributed by atoms with E-state index in [2.05, 4.69) is 0 Å². The summed E-state index contributed by atoms with van der Waals surface area (Å²) in [6.07, 6.45) is 2.23. The molecule has 0 bridgehead atoms. The van der Waals surface area contributed by atoms with E-state index in [-0.39, 0.29) is 5.69 Å². The standard InChI is InChI=1S/C7H10N2O4S/c1-14(12,13)9-4-2-3-5(9)6(8)7(10)11/h2-4,6H,8H2,1H3,(H,10,11). The zero-order chi connectivity index (χ0) is 10.9. The molecule has 7 heteroatoms. The van der Waals surface area contributed by atoms with Gasteiger partial charge in [-0.15, -0.1) is 0 Å². The van der Waals surface area contributed by atoms with Crippen molar-refractivity contribution in [2.45, 2.75) is 6.04 Å². The van der Waals surface area contributed by atoms with E-state index in [0.29, 0.717) is 0 Å². The quantitative estimate of drug-likeness (QED) is 0.703. The number of carbonyl (C=O) groups is 1. The first kappa shape index (κ1) is 10.7. The van der Waals surface area contributed by atoms with Crippen LogP contribution in [0, 0.1) is 0 Å². The molecule has 0 radical (unpaired) electrons. The lowest BCUT2D eigenvalue weighted by atomic mass is 10.2. The first-order valence-electron chi connectivity index (χ1n) is 3.70. The molecule has 0 aliphatic carbocycles. The summed E-state index contributed by atoms with van der Waals surface area (Å²) in [5.74, 6) is -1.27. The first-order chi connectivity index (χ1) is 6.34. The van der Waals surface area contributed by atoms with Gasteiger partial charge >= 0.3 is 5.97 Å². The van der Waals surface area contributed by atoms with Crippen molar-refractivity contribution in [2.24, 2.45) is 5.73 Å². The van der Waals surface area contributed by atoms with Gasteiger partial charge in [-0.2, -0.15) is 0 Å². The van der Waals surface area contributed by atoms with Crippen molar-refractivity contribution < 1.29 is 18.3 Å². The molecule has 0 aliphatic rings. The van der Waals surface area contributed by atoms with Gasteiger partial charge in [0.05, 0.1) is 11.9 Å². The molecule has 3 N–H and O–H groups in total. The molecule has 0 amide bonds. The Kier molecular flexibility index (Phi) is 2.63. The summed E-state index contributed by atoms with van der Waals surface area (Å²) in [4.78, 5) is 10.5. The van der Waals surface area contributed by atoms with Crippen molar-refractivity contribution >= 4 is 16.0 Å². The van der Waals surface area contributed by atoms with Gasteiger partial charge in [-0.3, -0.25) is 4.79 Å². The Labute approximate surface area is 81.0 Å². The summed E-state index contributed by atoms with van der Waals surface area (Å²) in [6.45, 7) is 0. The zero-order valence-corrected chi connectivity index (χ0v) is 8.23. The van der Waals surface area contributed by atoms with Gasteiger partial charge < -0.3 is 10.8 Å². The Morgan fingerprint density at radius 3 is 2.64 bits per heavy atom. The lowest BCUT2D eigenvalue weighted by Gasteiger charge is -2.09. The van der Waals surface area contributed by atoms with Gasteiger partial charge in [0.2, 0.25) is 10.0 Å². The van der Waals surface area contributed by atoms with E-state index < -0.39 is 22.0 Å². The summed E-state index contributed by atoms with van der Waals surface area (Å²) in [6, 6.07) is 1.46. The lowest BCUT2D eigenvalue weighted by Crippen LogP contribution is -2.25. The summed E-state index contributed by atoms with van der Waals surface area (Å²) >= 11 is 0. The molecule has 0 aliphatic heterocycles. The maximum atomic E-state index is 11.2. The number of nitrogens with two attached hydrogens (primary N) is 1. The maximum absolute atomic E-state index is 11.2. The molecule has 78 valence electrons. The first-order valence-corrected chi connectivity index (χ1v) is 5.55. The number of nitrogens with zero attached hydrogens (tertiary/aromatic N) is 1. The van der Waals surface area contributed by atoms with Crippen LogP contribution in [0.15, 0.2) is 18.3 Å². The van der Waals surface area contributed by atoms with Gasteiger partial charge in [0.15, 0.2) is 0 Å². The fourth-order valence-corrected chi connectivity index (χ4v) is 1.90. The molecule has 0 aromatic carbocycles. The monoisotopic (exact) mass is 218 g/mol. The third-order valence-electron chi connectivity index (χ3n) is 1.68. The molecular formula is C7H10N2O4S. The van der Waals surface area contributed by atoms with E-state index in [4.69, 9.17) is 10.8 Å². The highest BCUT2D eigenvalue weighted by atomic mass is 32.2. The van der Waals surface area contributed by atoms with Gasteiger partial charge in [0, 0.05) is 6.20 Å². The minimum atomic E-state index is -3.50. The van der Waals surface area contributed by atoms with Crippen molar-refractivity contribution in [3.05, 3.63) is 24.0 Å². The van der Waals surface area contributed by atoms with Crippen LogP contribution in [0.4, 0.5) is 0 Å². The Morgan fingerprint density at radius 1 is 1.64 bits per heavy atom. The number of rotatable bonds is 3. The van der Waals surface area contributed by atoms with Crippen molar-refractivity contribution in [3.8, 4) is 0 Å². The molecule has 1 atom stereocenters. The van der Waals surface area contributed by atoms with E-state index in [1.54, 1.807) is 0 Å². The van der Waals surface area contributed by atoms with Crippen LogP contribution in [-0.4, -0.2) is 29.7 Å². The molecule has 0 saturated carbocycles. The van der Waals surface area contributed by atoms with E-state index in [1.165, 1.54) is 18.3 Å². The van der Waals surface area contributed by atoms with Crippen molar-refractivity contribution in [3.63, 3.8) is 0 Å². The lowest BCUT2D eigenvalue weighted by molar-refractivity contribution is -0.138. The highest BCUT2D eigenvalue weighted by molar-refractivity contribution is 7.89. The summed E-state index contributed by atoms with van der Waals surface area (Å²) in [7, 11) is -3.50. The smallest absolute Gasteiger partial charge is 0.326 e. The van der Waals surface area contributed by atoms with Crippen LogP contribution in [0.5, 0.6) is 0 Å². The van der Waals surface area contributed by atoms with Gasteiger partial charge in [-0.25, -0.2) is 12.4 Å². The van der Waals surface area contributed by atoms with Gasteiger partial charge in [0.1, 0.15) is 6.04 Å². The normalized spacial score (nSPS) is 13.9. The predicted octanol–water partition coefficient (Wildman–Crippen LogP) is -0.620. The van der Waals surface area contributed by atoms with Crippen LogP contribution in [-0.2, 0) is 14.8 Å². The fraction of sp³-hybridized carbons (Fsp3) is 0.286. The molecule has 0 fully saturated rings. The van der Waals surface area contributed by atoms with Crippen LogP contribution in [0.3, 0.4) is 0 Å². The van der Waals surface area contributed by atoms with Crippen LogP contribution in [0.2, 0.25) is 0 Å². The highest BCUT2D eigenvalue weighted by Crippen LogP contribution is 2.13. The van der Waals surface area contributed by atoms with E-state index in [0.717, 1.165) is 10.2 Å². The number of aliphatic carboxylic acids is 1. The third-order valence-corrected chi connectivity index (χ3v) is 2.73. The number of carboxylic acid groups (broad SMARTS) is 1. The largest absolute Gasteiger partial charge is 0.480 e. The predicted molar refractivity (Wildman–Crippen MR) is 49.2 cm³/mol. The minimum absolute atomic E-state index is 0.0417. The second kappa shape index (κ2) is 3.43. The minimum Gasteiger partial charge on any atom is -0.480 e. The average Bonchev–Trinajstić information content (AvgIpc) is 2.48. The molecule has 1 aromatic heterocycles. The van der Waals surface area contributed by atoms with Gasteiger partial charge in [-0.1, -0.05) is 0 Å². The SMILES string of the molecule is CS(=O)(=O)n1cccc1C(N)C(=O)O. The average molecular weight is 218 g/mol. The molecule has 1 unspecified atom stereocenters. The second-order valence-electron chi connectivity index (χ2n) is 2.81. The van der Waals surface area contributed by atoms with Crippen molar-refractivity contribution in [2.75, 3.05) is 6.26 Å². The Morgan fingerprint density at radius 2 is 2.21 bits per heavy atom.